The number of carbonyl (C=O) groups excluding carboxylic acids is 1. The molecular formula is C13H20N2O2. The van der Waals surface area contributed by atoms with E-state index in [1.807, 2.05) is 12.1 Å². The molecule has 1 aromatic rings. The minimum Gasteiger partial charge on any atom is -0.465 e. The molecule has 0 atom stereocenters. The van der Waals surface area contributed by atoms with Crippen molar-refractivity contribution in [2.75, 3.05) is 13.7 Å². The first-order valence-corrected chi connectivity index (χ1v) is 5.76. The lowest BCUT2D eigenvalue weighted by atomic mass is 10.1. The van der Waals surface area contributed by atoms with Crippen LogP contribution in [0.1, 0.15) is 29.8 Å². The van der Waals surface area contributed by atoms with Crippen molar-refractivity contribution in [1.29, 1.82) is 0 Å². The van der Waals surface area contributed by atoms with Gasteiger partial charge in [0.05, 0.1) is 12.7 Å². The lowest BCUT2D eigenvalue weighted by Gasteiger charge is -2.09. The first kappa shape index (κ1) is 13.7. The fraction of sp³-hybridized carbons (Fsp3) is 0.462. The Labute approximate surface area is 102 Å². The molecule has 2 N–H and O–H groups in total. The van der Waals surface area contributed by atoms with Crippen LogP contribution >= 0.6 is 0 Å². The summed E-state index contributed by atoms with van der Waals surface area (Å²) in [6.45, 7) is 5.97. The Morgan fingerprint density at radius 2 is 1.88 bits per heavy atom. The highest BCUT2D eigenvalue weighted by molar-refractivity contribution is 5.89. The molecule has 0 heterocycles. The average molecular weight is 236 g/mol. The summed E-state index contributed by atoms with van der Waals surface area (Å²) in [5, 5.41) is 0. The van der Waals surface area contributed by atoms with E-state index < -0.39 is 0 Å². The van der Waals surface area contributed by atoms with Crippen molar-refractivity contribution in [3.63, 3.8) is 0 Å². The number of rotatable bonds is 6. The van der Waals surface area contributed by atoms with E-state index in [9.17, 15) is 4.79 Å². The normalized spacial score (nSPS) is 10.6. The molecule has 0 radical (unpaired) electrons. The molecule has 0 fully saturated rings. The summed E-state index contributed by atoms with van der Waals surface area (Å²) in [4.78, 5) is 11.2. The van der Waals surface area contributed by atoms with Crippen molar-refractivity contribution in [3.05, 3.63) is 35.4 Å². The molecule has 0 saturated carbocycles. The largest absolute Gasteiger partial charge is 0.465 e. The predicted molar refractivity (Wildman–Crippen MR) is 67.5 cm³/mol. The minimum absolute atomic E-state index is 0.303. The van der Waals surface area contributed by atoms with Gasteiger partial charge in [0.1, 0.15) is 0 Å². The van der Waals surface area contributed by atoms with Crippen molar-refractivity contribution >= 4 is 5.97 Å². The van der Waals surface area contributed by atoms with E-state index in [2.05, 4.69) is 29.4 Å². The Bertz CT molecular complexity index is 347. The number of hydrazine groups is 1. The molecule has 0 aliphatic heterocycles. The van der Waals surface area contributed by atoms with E-state index in [1.165, 1.54) is 7.11 Å². The van der Waals surface area contributed by atoms with Gasteiger partial charge >= 0.3 is 5.97 Å². The molecule has 4 heteroatoms. The van der Waals surface area contributed by atoms with E-state index in [0.717, 1.165) is 18.7 Å². The SMILES string of the molecule is COC(=O)c1ccc(CNNCC(C)C)cc1. The molecule has 1 aromatic carbocycles. The number of hydrogen-bond donors (Lipinski definition) is 2. The van der Waals surface area contributed by atoms with Crippen LogP contribution in [0.3, 0.4) is 0 Å². The fourth-order valence-electron chi connectivity index (χ4n) is 1.32. The van der Waals surface area contributed by atoms with Gasteiger partial charge in [-0.3, -0.25) is 10.9 Å². The van der Waals surface area contributed by atoms with E-state index in [4.69, 9.17) is 0 Å². The fourth-order valence-corrected chi connectivity index (χ4v) is 1.32. The van der Waals surface area contributed by atoms with Gasteiger partial charge in [0, 0.05) is 13.1 Å². The zero-order valence-electron chi connectivity index (χ0n) is 10.6. The third kappa shape index (κ3) is 4.97. The van der Waals surface area contributed by atoms with Crippen LogP contribution in [0.15, 0.2) is 24.3 Å². The summed E-state index contributed by atoms with van der Waals surface area (Å²) in [5.74, 6) is 0.312. The average Bonchev–Trinajstić information content (AvgIpc) is 2.34. The highest BCUT2D eigenvalue weighted by atomic mass is 16.5. The van der Waals surface area contributed by atoms with Crippen molar-refractivity contribution in [3.8, 4) is 0 Å². The molecule has 0 aromatic heterocycles. The summed E-state index contributed by atoms with van der Waals surface area (Å²) in [7, 11) is 1.38. The zero-order valence-corrected chi connectivity index (χ0v) is 10.6. The van der Waals surface area contributed by atoms with E-state index in [1.54, 1.807) is 12.1 Å². The Morgan fingerprint density at radius 3 is 2.41 bits per heavy atom. The Morgan fingerprint density at radius 1 is 1.24 bits per heavy atom. The van der Waals surface area contributed by atoms with Gasteiger partial charge in [-0.15, -0.1) is 0 Å². The number of ether oxygens (including phenoxy) is 1. The van der Waals surface area contributed by atoms with Crippen LogP contribution < -0.4 is 10.9 Å². The first-order valence-electron chi connectivity index (χ1n) is 5.76. The van der Waals surface area contributed by atoms with Gasteiger partial charge in [-0.1, -0.05) is 26.0 Å². The van der Waals surface area contributed by atoms with Gasteiger partial charge in [-0.2, -0.15) is 0 Å². The Hall–Kier alpha value is -1.39. The summed E-state index contributed by atoms with van der Waals surface area (Å²) in [5.41, 5.74) is 7.96. The van der Waals surface area contributed by atoms with Gasteiger partial charge < -0.3 is 4.74 Å². The summed E-state index contributed by atoms with van der Waals surface area (Å²) in [6.07, 6.45) is 0. The number of benzene rings is 1. The number of methoxy groups -OCH3 is 1. The van der Waals surface area contributed by atoms with Crippen LogP contribution in [-0.2, 0) is 11.3 Å². The minimum atomic E-state index is -0.303. The highest BCUT2D eigenvalue weighted by Gasteiger charge is 2.03. The first-order chi connectivity index (χ1) is 8.13. The zero-order chi connectivity index (χ0) is 12.7. The Balaban J connectivity index is 2.38. The maximum absolute atomic E-state index is 11.2. The molecule has 0 spiro atoms. The van der Waals surface area contributed by atoms with Crippen molar-refractivity contribution in [2.24, 2.45) is 5.92 Å². The monoisotopic (exact) mass is 236 g/mol. The van der Waals surface area contributed by atoms with Crippen molar-refractivity contribution in [2.45, 2.75) is 20.4 Å². The van der Waals surface area contributed by atoms with E-state index >= 15 is 0 Å². The lowest BCUT2D eigenvalue weighted by molar-refractivity contribution is 0.0600. The third-order valence-corrected chi connectivity index (χ3v) is 2.30. The van der Waals surface area contributed by atoms with Crippen LogP contribution in [0.4, 0.5) is 0 Å². The standard InChI is InChI=1S/C13H20N2O2/c1-10(2)8-14-15-9-11-4-6-12(7-5-11)13(16)17-3/h4-7,10,14-15H,8-9H2,1-3H3. The lowest BCUT2D eigenvalue weighted by Crippen LogP contribution is -2.34. The van der Waals surface area contributed by atoms with Gasteiger partial charge in [-0.05, 0) is 23.6 Å². The third-order valence-electron chi connectivity index (χ3n) is 2.30. The topological polar surface area (TPSA) is 50.4 Å². The number of nitrogens with one attached hydrogen (secondary N) is 2. The molecule has 4 nitrogen and oxygen atoms in total. The second-order valence-electron chi connectivity index (χ2n) is 4.32. The Kier molecular flexibility index (Phi) is 5.66. The maximum Gasteiger partial charge on any atom is 0.337 e. The van der Waals surface area contributed by atoms with Crippen LogP contribution in [0.5, 0.6) is 0 Å². The van der Waals surface area contributed by atoms with Crippen molar-refractivity contribution in [1.82, 2.24) is 10.9 Å². The van der Waals surface area contributed by atoms with Crippen molar-refractivity contribution < 1.29 is 9.53 Å². The molecule has 17 heavy (non-hydrogen) atoms. The molecular weight excluding hydrogens is 216 g/mol. The second kappa shape index (κ2) is 7.04. The second-order valence-corrected chi connectivity index (χ2v) is 4.32. The summed E-state index contributed by atoms with van der Waals surface area (Å²) >= 11 is 0. The molecule has 94 valence electrons. The highest BCUT2D eigenvalue weighted by Crippen LogP contribution is 2.05. The van der Waals surface area contributed by atoms with Crippen LogP contribution in [-0.4, -0.2) is 19.6 Å². The van der Waals surface area contributed by atoms with Crippen LogP contribution in [0, 0.1) is 5.92 Å². The molecule has 1 rings (SSSR count). The van der Waals surface area contributed by atoms with Gasteiger partial charge in [0.15, 0.2) is 0 Å². The maximum atomic E-state index is 11.2. The van der Waals surface area contributed by atoms with Gasteiger partial charge in [0.25, 0.3) is 0 Å². The summed E-state index contributed by atoms with van der Waals surface area (Å²) < 4.78 is 4.63. The van der Waals surface area contributed by atoms with E-state index in [-0.39, 0.29) is 5.97 Å². The van der Waals surface area contributed by atoms with Gasteiger partial charge in [-0.25, -0.2) is 4.79 Å². The predicted octanol–water partition coefficient (Wildman–Crippen LogP) is 1.72. The molecule has 0 bridgehead atoms. The van der Waals surface area contributed by atoms with Crippen LogP contribution in [0.2, 0.25) is 0 Å². The molecule has 0 aliphatic rings. The van der Waals surface area contributed by atoms with Crippen LogP contribution in [0.25, 0.3) is 0 Å². The number of carbonyl (C=O) groups is 1. The number of hydrogen-bond acceptors (Lipinski definition) is 4. The van der Waals surface area contributed by atoms with E-state index in [0.29, 0.717) is 11.5 Å². The smallest absolute Gasteiger partial charge is 0.337 e. The molecule has 0 unspecified atom stereocenters. The molecule has 0 aliphatic carbocycles. The van der Waals surface area contributed by atoms with Gasteiger partial charge in [0.2, 0.25) is 0 Å². The quantitative estimate of drug-likeness (QED) is 0.448. The molecule has 0 amide bonds. The summed E-state index contributed by atoms with van der Waals surface area (Å²) in [6, 6.07) is 7.36. The number of esters is 1. The molecule has 0 saturated heterocycles.